The zero-order valence-corrected chi connectivity index (χ0v) is 12.7. The maximum Gasteiger partial charge on any atom is 0.179 e. The number of nitrogens with one attached hydrogen (secondary N) is 1. The first-order chi connectivity index (χ1) is 11.2. The predicted molar refractivity (Wildman–Crippen MR) is 83.4 cm³/mol. The average Bonchev–Trinajstić information content (AvgIpc) is 3.25. The number of benzene rings is 2. The minimum Gasteiger partial charge on any atom is -0.348 e. The summed E-state index contributed by atoms with van der Waals surface area (Å²) in [5, 5.41) is 12.3. The van der Waals surface area contributed by atoms with Gasteiger partial charge in [-0.1, -0.05) is 18.2 Å². The number of nitrogens with zero attached hydrogens (tertiary/aromatic N) is 2. The molecule has 116 valence electrons. The summed E-state index contributed by atoms with van der Waals surface area (Å²) in [7, 11) is 1.87. The quantitative estimate of drug-likeness (QED) is 0.699. The highest BCUT2D eigenvalue weighted by Crippen LogP contribution is 2.42. The van der Waals surface area contributed by atoms with Gasteiger partial charge in [0.2, 0.25) is 0 Å². The highest BCUT2D eigenvalue weighted by molar-refractivity contribution is 5.71. The lowest BCUT2D eigenvalue weighted by Crippen LogP contribution is -2.10. The van der Waals surface area contributed by atoms with Crippen molar-refractivity contribution >= 4 is 0 Å². The molecule has 2 aromatic carbocycles. The Bertz CT molecular complexity index is 797. The fraction of sp³-hybridized carbons (Fsp3) is 0.278. The maximum absolute atomic E-state index is 13.2. The predicted octanol–water partition coefficient (Wildman–Crippen LogP) is 2.91. The van der Waals surface area contributed by atoms with Gasteiger partial charge in [0, 0.05) is 0 Å². The Morgan fingerprint density at radius 2 is 2.04 bits per heavy atom. The van der Waals surface area contributed by atoms with Gasteiger partial charge in [0.05, 0.1) is 13.1 Å². The fourth-order valence-electron chi connectivity index (χ4n) is 3.24. The van der Waals surface area contributed by atoms with E-state index in [0.29, 0.717) is 13.1 Å². The molecule has 0 bridgehead atoms. The van der Waals surface area contributed by atoms with Crippen molar-refractivity contribution in [1.82, 2.24) is 10.2 Å². The Hall–Kier alpha value is -2.42. The fourth-order valence-corrected chi connectivity index (χ4v) is 3.24. The van der Waals surface area contributed by atoms with Gasteiger partial charge in [-0.15, -0.1) is 0 Å². The van der Waals surface area contributed by atoms with E-state index in [9.17, 15) is 9.65 Å². The van der Waals surface area contributed by atoms with Gasteiger partial charge in [-0.3, -0.25) is 5.32 Å². The number of hydrogen-bond acceptors (Lipinski definition) is 4. The number of rotatable bonds is 3. The highest BCUT2D eigenvalue weighted by Gasteiger charge is 2.40. The lowest BCUT2D eigenvalue weighted by atomic mass is 9.93. The molecule has 0 saturated carbocycles. The molecule has 0 spiro atoms. The Labute approximate surface area is 134 Å². The van der Waals surface area contributed by atoms with Crippen molar-refractivity contribution in [2.45, 2.75) is 25.4 Å². The molecular formula is C18H16FN3O. The van der Waals surface area contributed by atoms with E-state index in [1.807, 2.05) is 7.05 Å². The van der Waals surface area contributed by atoms with E-state index >= 15 is 0 Å². The average molecular weight is 309 g/mol. The van der Waals surface area contributed by atoms with Crippen LogP contribution in [-0.4, -0.2) is 18.2 Å². The van der Waals surface area contributed by atoms with Gasteiger partial charge in [0.15, 0.2) is 6.19 Å². The van der Waals surface area contributed by atoms with Crippen molar-refractivity contribution in [2.24, 2.45) is 0 Å². The molecule has 1 fully saturated rings. The Balaban J connectivity index is 1.81. The summed E-state index contributed by atoms with van der Waals surface area (Å²) >= 11 is 0. The first-order valence-corrected chi connectivity index (χ1v) is 7.58. The Morgan fingerprint density at radius 3 is 2.70 bits per heavy atom. The molecular weight excluding hydrogens is 293 g/mol. The molecule has 2 heterocycles. The van der Waals surface area contributed by atoms with Crippen LogP contribution < -0.4 is 5.32 Å². The van der Waals surface area contributed by atoms with E-state index in [1.165, 1.54) is 12.1 Å². The summed E-state index contributed by atoms with van der Waals surface area (Å²) in [4.78, 5) is 1.73. The van der Waals surface area contributed by atoms with E-state index < -0.39 is 0 Å². The van der Waals surface area contributed by atoms with Crippen molar-refractivity contribution in [2.75, 3.05) is 7.05 Å². The largest absolute Gasteiger partial charge is 0.348 e. The standard InChI is InChI=1S/C18H16FN3O/c1-21-18-17(23-18)12-6-13-8-22(10-20)9-16(13)15(7-12)11-2-4-14(19)5-3-11/h2-7,17-18,21H,8-9H2,1H3. The third kappa shape index (κ3) is 2.46. The third-order valence-corrected chi connectivity index (χ3v) is 4.48. The second-order valence-corrected chi connectivity index (χ2v) is 5.94. The lowest BCUT2D eigenvalue weighted by Gasteiger charge is -2.11. The molecule has 0 aromatic heterocycles. The zero-order chi connectivity index (χ0) is 16.0. The second-order valence-electron chi connectivity index (χ2n) is 5.94. The molecule has 1 saturated heterocycles. The normalized spacial score (nSPS) is 21.9. The number of halogens is 1. The molecule has 5 heteroatoms. The molecule has 2 aromatic rings. The van der Waals surface area contributed by atoms with Crippen molar-refractivity contribution in [3.63, 3.8) is 0 Å². The summed E-state index contributed by atoms with van der Waals surface area (Å²) in [6.45, 7) is 1.21. The minimum atomic E-state index is -0.249. The highest BCUT2D eigenvalue weighted by atomic mass is 19.1. The van der Waals surface area contributed by atoms with Crippen LogP contribution in [0.5, 0.6) is 0 Å². The van der Waals surface area contributed by atoms with E-state index in [4.69, 9.17) is 4.74 Å². The summed E-state index contributed by atoms with van der Waals surface area (Å²) in [5.41, 5.74) is 5.41. The third-order valence-electron chi connectivity index (χ3n) is 4.48. The van der Waals surface area contributed by atoms with Crippen molar-refractivity contribution in [3.05, 3.63) is 58.9 Å². The first-order valence-electron chi connectivity index (χ1n) is 7.58. The molecule has 23 heavy (non-hydrogen) atoms. The molecule has 4 nitrogen and oxygen atoms in total. The molecule has 1 N–H and O–H groups in total. The zero-order valence-electron chi connectivity index (χ0n) is 12.7. The maximum atomic E-state index is 13.2. The molecule has 2 unspecified atom stereocenters. The van der Waals surface area contributed by atoms with E-state index in [0.717, 1.165) is 27.8 Å². The van der Waals surface area contributed by atoms with Crippen LogP contribution in [0.1, 0.15) is 22.8 Å². The van der Waals surface area contributed by atoms with Crippen LogP contribution >= 0.6 is 0 Å². The van der Waals surface area contributed by atoms with Crippen LogP contribution in [0.15, 0.2) is 36.4 Å². The van der Waals surface area contributed by atoms with Gasteiger partial charge < -0.3 is 9.64 Å². The smallest absolute Gasteiger partial charge is 0.179 e. The number of nitriles is 1. The number of likely N-dealkylation sites (N-methyl/N-ethyl adjacent to an activating group) is 1. The Kier molecular flexibility index (Phi) is 3.29. The van der Waals surface area contributed by atoms with Crippen molar-refractivity contribution in [3.8, 4) is 17.3 Å². The molecule has 2 atom stereocenters. The monoisotopic (exact) mass is 309 g/mol. The van der Waals surface area contributed by atoms with Gasteiger partial charge in [-0.05, 0) is 53.1 Å². The summed E-state index contributed by atoms with van der Waals surface area (Å²) < 4.78 is 18.9. The number of ether oxygens (including phenoxy) is 1. The molecule has 0 radical (unpaired) electrons. The second kappa shape index (κ2) is 5.34. The summed E-state index contributed by atoms with van der Waals surface area (Å²) in [5.74, 6) is -0.249. The van der Waals surface area contributed by atoms with Crippen LogP contribution in [-0.2, 0) is 17.8 Å². The number of fused-ring (bicyclic) bond motifs is 1. The molecule has 4 rings (SSSR count). The first kappa shape index (κ1) is 14.2. The van der Waals surface area contributed by atoms with Crippen LogP contribution in [0.25, 0.3) is 11.1 Å². The van der Waals surface area contributed by atoms with E-state index in [1.54, 1.807) is 17.0 Å². The van der Waals surface area contributed by atoms with Gasteiger partial charge in [-0.25, -0.2) is 4.39 Å². The lowest BCUT2D eigenvalue weighted by molar-refractivity contribution is 0.356. The molecule has 2 aliphatic rings. The number of hydrogen-bond donors (Lipinski definition) is 1. The van der Waals surface area contributed by atoms with Gasteiger partial charge in [0.25, 0.3) is 0 Å². The summed E-state index contributed by atoms with van der Waals surface area (Å²) in [6, 6.07) is 10.7. The van der Waals surface area contributed by atoms with Crippen molar-refractivity contribution < 1.29 is 9.13 Å². The molecule has 0 aliphatic carbocycles. The minimum absolute atomic E-state index is 0.0423. The molecule has 0 amide bonds. The topological polar surface area (TPSA) is 51.6 Å². The SMILES string of the molecule is CNC1OC1c1cc2c(c(-c3ccc(F)cc3)c1)CN(C#N)C2. The van der Waals surface area contributed by atoms with Crippen LogP contribution in [0, 0.1) is 17.3 Å². The van der Waals surface area contributed by atoms with Gasteiger partial charge in [-0.2, -0.15) is 5.26 Å². The molecule has 2 aliphatic heterocycles. The summed E-state index contributed by atoms with van der Waals surface area (Å²) in [6.07, 6.45) is 2.30. The van der Waals surface area contributed by atoms with Crippen molar-refractivity contribution in [1.29, 1.82) is 5.26 Å². The van der Waals surface area contributed by atoms with Crippen LogP contribution in [0.3, 0.4) is 0 Å². The van der Waals surface area contributed by atoms with Gasteiger partial charge >= 0.3 is 0 Å². The van der Waals surface area contributed by atoms with Crippen LogP contribution in [0.2, 0.25) is 0 Å². The van der Waals surface area contributed by atoms with Crippen LogP contribution in [0.4, 0.5) is 4.39 Å². The van der Waals surface area contributed by atoms with E-state index in [2.05, 4.69) is 23.6 Å². The van der Waals surface area contributed by atoms with E-state index in [-0.39, 0.29) is 18.1 Å². The number of epoxide rings is 1. The van der Waals surface area contributed by atoms with Gasteiger partial charge in [0.1, 0.15) is 18.1 Å². The Morgan fingerprint density at radius 1 is 1.26 bits per heavy atom.